The average Bonchev–Trinajstić information content (AvgIpc) is 3.06. The summed E-state index contributed by atoms with van der Waals surface area (Å²) in [5.74, 6) is -1.46. The highest BCUT2D eigenvalue weighted by molar-refractivity contribution is 6.47. The molecule has 0 radical (unpaired) electrons. The summed E-state index contributed by atoms with van der Waals surface area (Å²) < 4.78 is 1.69. The van der Waals surface area contributed by atoms with Gasteiger partial charge in [0.05, 0.1) is 0 Å². The maximum absolute atomic E-state index is 13.1. The van der Waals surface area contributed by atoms with Crippen LogP contribution in [0.1, 0.15) is 10.5 Å². The first kappa shape index (κ1) is 18.2. The van der Waals surface area contributed by atoms with Crippen LogP contribution < -0.4 is 5.32 Å². The Morgan fingerprint density at radius 2 is 1.75 bits per heavy atom. The van der Waals surface area contributed by atoms with Crippen LogP contribution in [-0.2, 0) is 4.79 Å². The minimum atomic E-state index is -0.785. The number of aromatic nitrogens is 2. The summed E-state index contributed by atoms with van der Waals surface area (Å²) in [6, 6.07) is 15.6. The highest BCUT2D eigenvalue weighted by atomic mass is 35.5. The fourth-order valence-electron chi connectivity index (χ4n) is 3.02. The highest BCUT2D eigenvalue weighted by Gasteiger charge is 2.25. The predicted octanol–water partition coefficient (Wildman–Crippen LogP) is 5.13. The Balaban J connectivity index is 1.77. The Labute approximate surface area is 170 Å². The summed E-state index contributed by atoms with van der Waals surface area (Å²) >= 11 is 11.9. The molecular weight excluding hydrogens is 397 g/mol. The molecule has 5 nitrogen and oxygen atoms in total. The second-order valence-electron chi connectivity index (χ2n) is 6.09. The summed E-state index contributed by atoms with van der Waals surface area (Å²) in [4.78, 5) is 29.9. The van der Waals surface area contributed by atoms with Gasteiger partial charge >= 0.3 is 0 Å². The molecule has 0 spiro atoms. The number of rotatable bonds is 4. The van der Waals surface area contributed by atoms with Gasteiger partial charge in [-0.2, -0.15) is 0 Å². The van der Waals surface area contributed by atoms with Crippen molar-refractivity contribution in [1.82, 2.24) is 9.38 Å². The number of anilines is 1. The lowest BCUT2D eigenvalue weighted by atomic mass is 10.1. The Kier molecular flexibility index (Phi) is 4.86. The molecule has 7 heteroatoms. The van der Waals surface area contributed by atoms with Gasteiger partial charge in [-0.3, -0.25) is 14.6 Å². The SMILES string of the molecule is O=C(Nc1cc(Cl)cc(Cl)c1)C(=O)c1c(-c2cccnc2)cc2ccccn12. The minimum Gasteiger partial charge on any atom is -0.319 e. The number of nitrogens with zero attached hydrogens (tertiary/aromatic N) is 2. The van der Waals surface area contributed by atoms with E-state index in [2.05, 4.69) is 10.3 Å². The van der Waals surface area contributed by atoms with Crippen molar-refractivity contribution in [2.24, 2.45) is 0 Å². The quantitative estimate of drug-likeness (QED) is 0.375. The molecule has 3 heterocycles. The Hall–Kier alpha value is -3.15. The lowest BCUT2D eigenvalue weighted by Gasteiger charge is -2.08. The first-order valence-electron chi connectivity index (χ1n) is 8.35. The first-order chi connectivity index (χ1) is 13.5. The van der Waals surface area contributed by atoms with E-state index in [9.17, 15) is 9.59 Å². The number of Topliss-reactive ketones (excluding diaryl/α,β-unsaturated/α-hetero) is 1. The van der Waals surface area contributed by atoms with Crippen LogP contribution >= 0.6 is 23.2 Å². The molecular formula is C21H13Cl2N3O2. The molecule has 4 rings (SSSR count). The van der Waals surface area contributed by atoms with Gasteiger partial charge in [-0.1, -0.05) is 35.3 Å². The third-order valence-electron chi connectivity index (χ3n) is 4.19. The second-order valence-corrected chi connectivity index (χ2v) is 6.96. The molecule has 0 fully saturated rings. The molecule has 1 aromatic carbocycles. The number of amides is 1. The van der Waals surface area contributed by atoms with Gasteiger partial charge in [0.25, 0.3) is 11.7 Å². The van der Waals surface area contributed by atoms with E-state index in [-0.39, 0.29) is 5.69 Å². The molecule has 0 aliphatic heterocycles. The number of ketones is 1. The molecule has 0 unspecified atom stereocenters. The number of carbonyl (C=O) groups is 2. The monoisotopic (exact) mass is 409 g/mol. The number of fused-ring (bicyclic) bond motifs is 1. The minimum absolute atomic E-state index is 0.259. The molecule has 1 N–H and O–H groups in total. The highest BCUT2D eigenvalue weighted by Crippen LogP contribution is 2.28. The van der Waals surface area contributed by atoms with E-state index in [4.69, 9.17) is 23.2 Å². The van der Waals surface area contributed by atoms with E-state index in [1.165, 1.54) is 12.1 Å². The molecule has 28 heavy (non-hydrogen) atoms. The Morgan fingerprint density at radius 1 is 0.964 bits per heavy atom. The van der Waals surface area contributed by atoms with E-state index in [1.807, 2.05) is 24.3 Å². The summed E-state index contributed by atoms with van der Waals surface area (Å²) in [5.41, 5.74) is 2.77. The molecule has 3 aromatic heterocycles. The van der Waals surface area contributed by atoms with Crippen molar-refractivity contribution in [2.75, 3.05) is 5.32 Å². The largest absolute Gasteiger partial charge is 0.319 e. The molecule has 138 valence electrons. The van der Waals surface area contributed by atoms with E-state index in [1.54, 1.807) is 41.2 Å². The molecule has 1 amide bonds. The van der Waals surface area contributed by atoms with Crippen molar-refractivity contribution >= 4 is 46.1 Å². The smallest absolute Gasteiger partial charge is 0.298 e. The van der Waals surface area contributed by atoms with Gasteiger partial charge < -0.3 is 9.72 Å². The normalized spacial score (nSPS) is 10.8. The molecule has 0 atom stereocenters. The van der Waals surface area contributed by atoms with Crippen LogP contribution in [0.2, 0.25) is 10.0 Å². The number of pyridine rings is 2. The summed E-state index contributed by atoms with van der Waals surface area (Å²) in [6.07, 6.45) is 5.04. The van der Waals surface area contributed by atoms with Gasteiger partial charge in [-0.15, -0.1) is 0 Å². The third-order valence-corrected chi connectivity index (χ3v) is 4.63. The summed E-state index contributed by atoms with van der Waals surface area (Å²) in [6.45, 7) is 0. The predicted molar refractivity (Wildman–Crippen MR) is 110 cm³/mol. The fourth-order valence-corrected chi connectivity index (χ4v) is 3.54. The Morgan fingerprint density at radius 3 is 2.46 bits per heavy atom. The van der Waals surface area contributed by atoms with Crippen molar-refractivity contribution in [3.8, 4) is 11.1 Å². The zero-order valence-electron chi connectivity index (χ0n) is 14.4. The van der Waals surface area contributed by atoms with Crippen molar-refractivity contribution in [1.29, 1.82) is 0 Å². The zero-order valence-corrected chi connectivity index (χ0v) is 15.9. The number of halogens is 2. The standard InChI is InChI=1S/C21H13Cl2N3O2/c22-14-8-15(23)10-16(9-14)25-21(28)20(27)19-18(13-4-3-6-24-12-13)11-17-5-1-2-7-26(17)19/h1-12H,(H,25,28). The lowest BCUT2D eigenvalue weighted by molar-refractivity contribution is -0.112. The van der Waals surface area contributed by atoms with E-state index in [0.717, 1.165) is 11.1 Å². The number of hydrogen-bond acceptors (Lipinski definition) is 3. The molecule has 0 saturated carbocycles. The summed E-state index contributed by atoms with van der Waals surface area (Å²) in [7, 11) is 0. The van der Waals surface area contributed by atoms with Crippen LogP contribution in [0.3, 0.4) is 0 Å². The number of benzene rings is 1. The van der Waals surface area contributed by atoms with Crippen molar-refractivity contribution in [2.45, 2.75) is 0 Å². The molecule has 0 aliphatic rings. The maximum Gasteiger partial charge on any atom is 0.298 e. The average molecular weight is 410 g/mol. The van der Waals surface area contributed by atoms with E-state index < -0.39 is 11.7 Å². The molecule has 0 aliphatic carbocycles. The van der Waals surface area contributed by atoms with Gasteiger partial charge in [0.2, 0.25) is 0 Å². The van der Waals surface area contributed by atoms with Crippen LogP contribution in [0, 0.1) is 0 Å². The van der Waals surface area contributed by atoms with Crippen LogP contribution in [-0.4, -0.2) is 21.1 Å². The topological polar surface area (TPSA) is 63.5 Å². The van der Waals surface area contributed by atoms with Crippen LogP contribution in [0.15, 0.2) is 73.2 Å². The van der Waals surface area contributed by atoms with Crippen LogP contribution in [0.5, 0.6) is 0 Å². The van der Waals surface area contributed by atoms with Crippen LogP contribution in [0.25, 0.3) is 16.6 Å². The van der Waals surface area contributed by atoms with Crippen molar-refractivity contribution in [3.05, 3.63) is 88.9 Å². The molecule has 4 aromatic rings. The van der Waals surface area contributed by atoms with Gasteiger partial charge in [-0.05, 0) is 42.5 Å². The van der Waals surface area contributed by atoms with E-state index in [0.29, 0.717) is 21.3 Å². The van der Waals surface area contributed by atoms with Gasteiger partial charge in [0.15, 0.2) is 0 Å². The van der Waals surface area contributed by atoms with Gasteiger partial charge in [0.1, 0.15) is 5.69 Å². The third kappa shape index (κ3) is 3.50. The fraction of sp³-hybridized carbons (Fsp3) is 0. The van der Waals surface area contributed by atoms with Gasteiger partial charge in [-0.25, -0.2) is 0 Å². The second kappa shape index (κ2) is 7.46. The first-order valence-corrected chi connectivity index (χ1v) is 9.11. The van der Waals surface area contributed by atoms with Gasteiger partial charge in [0, 0.05) is 51.0 Å². The van der Waals surface area contributed by atoms with Crippen LogP contribution in [0.4, 0.5) is 5.69 Å². The maximum atomic E-state index is 13.1. The number of carbonyl (C=O) groups excluding carboxylic acids is 2. The molecule has 0 saturated heterocycles. The number of hydrogen-bond donors (Lipinski definition) is 1. The zero-order chi connectivity index (χ0) is 19.7. The van der Waals surface area contributed by atoms with E-state index >= 15 is 0 Å². The number of nitrogens with one attached hydrogen (secondary N) is 1. The lowest BCUT2D eigenvalue weighted by Crippen LogP contribution is -2.24. The Bertz CT molecular complexity index is 1180. The van der Waals surface area contributed by atoms with Crippen molar-refractivity contribution in [3.63, 3.8) is 0 Å². The molecule has 0 bridgehead atoms. The van der Waals surface area contributed by atoms with Crippen molar-refractivity contribution < 1.29 is 9.59 Å². The summed E-state index contributed by atoms with van der Waals surface area (Å²) in [5, 5.41) is 3.29.